The van der Waals surface area contributed by atoms with Crippen molar-refractivity contribution in [2.24, 2.45) is 0 Å². The first-order valence-corrected chi connectivity index (χ1v) is 5.21. The van der Waals surface area contributed by atoms with Crippen molar-refractivity contribution in [2.45, 2.75) is 19.3 Å². The van der Waals surface area contributed by atoms with Crippen molar-refractivity contribution in [1.82, 2.24) is 15.0 Å². The third-order valence-corrected chi connectivity index (χ3v) is 1.82. The molecule has 0 aromatic carbocycles. The van der Waals surface area contributed by atoms with Crippen LogP contribution in [0, 0.1) is 0 Å². The Morgan fingerprint density at radius 1 is 1.21 bits per heavy atom. The second-order valence-corrected chi connectivity index (χ2v) is 3.31. The van der Waals surface area contributed by atoms with Crippen molar-refractivity contribution in [3.63, 3.8) is 0 Å². The van der Waals surface area contributed by atoms with E-state index in [0.29, 0.717) is 6.54 Å². The van der Waals surface area contributed by atoms with E-state index in [-0.39, 0.29) is 12.0 Å². The van der Waals surface area contributed by atoms with Crippen molar-refractivity contribution in [3.05, 3.63) is 0 Å². The van der Waals surface area contributed by atoms with Gasteiger partial charge in [-0.25, -0.2) is 8.78 Å². The summed E-state index contributed by atoms with van der Waals surface area (Å²) in [5.74, 6) is -4.25. The zero-order valence-corrected chi connectivity index (χ0v) is 10.2. The second kappa shape index (κ2) is 6.34. The van der Waals surface area contributed by atoms with Gasteiger partial charge < -0.3 is 14.8 Å². The van der Waals surface area contributed by atoms with Gasteiger partial charge in [-0.05, 0) is 6.92 Å². The summed E-state index contributed by atoms with van der Waals surface area (Å²) in [7, 11) is 1.25. The summed E-state index contributed by atoms with van der Waals surface area (Å²) in [6, 6.07) is -0.704. The summed E-state index contributed by atoms with van der Waals surface area (Å²) in [6.45, 7) is 0.672. The van der Waals surface area contributed by atoms with E-state index in [1.54, 1.807) is 6.92 Å². The molecule has 0 amide bonds. The minimum atomic E-state index is -4.28. The van der Waals surface area contributed by atoms with Crippen LogP contribution in [0.2, 0.25) is 0 Å². The van der Waals surface area contributed by atoms with E-state index in [9.17, 15) is 17.6 Å². The molecule has 6 nitrogen and oxygen atoms in total. The molecule has 1 heterocycles. The van der Waals surface area contributed by atoms with Gasteiger partial charge in [-0.15, -0.1) is 4.98 Å². The van der Waals surface area contributed by atoms with E-state index in [1.165, 1.54) is 7.11 Å². The van der Waals surface area contributed by atoms with Crippen LogP contribution in [0.15, 0.2) is 0 Å². The first-order valence-electron chi connectivity index (χ1n) is 5.21. The first kappa shape index (κ1) is 15.2. The van der Waals surface area contributed by atoms with Crippen LogP contribution in [0.25, 0.3) is 0 Å². The Hall–Kier alpha value is -1.87. The lowest BCUT2D eigenvalue weighted by Gasteiger charge is -2.15. The summed E-state index contributed by atoms with van der Waals surface area (Å²) >= 11 is 0. The quantitative estimate of drug-likeness (QED) is 0.767. The standard InChI is InChI=1S/C9H12F4N4O2/c1-3-14-6-15-7(18-2)17-8(16-6)19-4-9(12,13)5(10)11/h5H,3-4H2,1-2H3,(H,14,15,16,17). The van der Waals surface area contributed by atoms with Gasteiger partial charge in [-0.3, -0.25) is 0 Å². The van der Waals surface area contributed by atoms with Crippen LogP contribution in [-0.4, -0.2) is 47.6 Å². The number of ether oxygens (including phenoxy) is 2. The number of aromatic nitrogens is 3. The molecule has 0 radical (unpaired) electrons. The van der Waals surface area contributed by atoms with Gasteiger partial charge in [0.1, 0.15) is 0 Å². The highest BCUT2D eigenvalue weighted by molar-refractivity contribution is 5.27. The number of anilines is 1. The van der Waals surface area contributed by atoms with E-state index >= 15 is 0 Å². The molecule has 1 aromatic rings. The number of rotatable bonds is 7. The van der Waals surface area contributed by atoms with Crippen molar-refractivity contribution in [3.8, 4) is 12.0 Å². The molecule has 0 atom stereocenters. The lowest BCUT2D eigenvalue weighted by atomic mass is 10.4. The van der Waals surface area contributed by atoms with Gasteiger partial charge in [0.25, 0.3) is 0 Å². The minimum Gasteiger partial charge on any atom is -0.467 e. The summed E-state index contributed by atoms with van der Waals surface area (Å²) in [4.78, 5) is 10.9. The maximum absolute atomic E-state index is 12.7. The lowest BCUT2D eigenvalue weighted by molar-refractivity contribution is -0.149. The highest BCUT2D eigenvalue weighted by Gasteiger charge is 2.42. The molecule has 1 aromatic heterocycles. The van der Waals surface area contributed by atoms with Crippen LogP contribution in [0.5, 0.6) is 12.0 Å². The van der Waals surface area contributed by atoms with E-state index in [1.807, 2.05) is 0 Å². The number of methoxy groups -OCH3 is 1. The smallest absolute Gasteiger partial charge is 0.340 e. The number of hydrogen-bond donors (Lipinski definition) is 1. The molecule has 19 heavy (non-hydrogen) atoms. The van der Waals surface area contributed by atoms with Crippen LogP contribution < -0.4 is 14.8 Å². The summed E-state index contributed by atoms with van der Waals surface area (Å²) in [6.07, 6.45) is -3.83. The fourth-order valence-electron chi connectivity index (χ4n) is 0.955. The van der Waals surface area contributed by atoms with Gasteiger partial charge in [-0.2, -0.15) is 18.7 Å². The minimum absolute atomic E-state index is 0.0321. The molecule has 1 rings (SSSR count). The molecule has 1 N–H and O–H groups in total. The molecule has 0 aliphatic rings. The van der Waals surface area contributed by atoms with Gasteiger partial charge in [-0.1, -0.05) is 0 Å². The van der Waals surface area contributed by atoms with E-state index in [4.69, 9.17) is 4.74 Å². The SMILES string of the molecule is CCNc1nc(OC)nc(OCC(F)(F)C(F)F)n1. The highest BCUT2D eigenvalue weighted by Crippen LogP contribution is 2.23. The predicted molar refractivity (Wildman–Crippen MR) is 57.0 cm³/mol. The van der Waals surface area contributed by atoms with Gasteiger partial charge in [0.05, 0.1) is 7.11 Å². The molecule has 10 heteroatoms. The maximum Gasteiger partial charge on any atom is 0.340 e. The van der Waals surface area contributed by atoms with Gasteiger partial charge in [0.2, 0.25) is 5.95 Å². The van der Waals surface area contributed by atoms with E-state index in [2.05, 4.69) is 25.0 Å². The summed E-state index contributed by atoms with van der Waals surface area (Å²) < 4.78 is 58.4. The molecule has 0 aliphatic heterocycles. The Labute approximate surface area is 106 Å². The zero-order chi connectivity index (χ0) is 14.5. The fraction of sp³-hybridized carbons (Fsp3) is 0.667. The molecular weight excluding hydrogens is 272 g/mol. The monoisotopic (exact) mass is 284 g/mol. The molecule has 0 aliphatic carbocycles. The van der Waals surface area contributed by atoms with Crippen molar-refractivity contribution >= 4 is 5.95 Å². The number of nitrogens with one attached hydrogen (secondary N) is 1. The van der Waals surface area contributed by atoms with Crippen LogP contribution in [0.3, 0.4) is 0 Å². The lowest BCUT2D eigenvalue weighted by Crippen LogP contribution is -2.34. The number of halogens is 4. The largest absolute Gasteiger partial charge is 0.467 e. The Bertz CT molecular complexity index is 419. The summed E-state index contributed by atoms with van der Waals surface area (Å²) in [5.41, 5.74) is 0. The van der Waals surface area contributed by atoms with Gasteiger partial charge in [0, 0.05) is 6.54 Å². The summed E-state index contributed by atoms with van der Waals surface area (Å²) in [5, 5.41) is 2.68. The molecule has 0 fully saturated rings. The maximum atomic E-state index is 12.7. The van der Waals surface area contributed by atoms with Crippen LogP contribution in [0.4, 0.5) is 23.5 Å². The Kier molecular flexibility index (Phi) is 5.07. The number of nitrogens with zero attached hydrogens (tertiary/aromatic N) is 3. The molecule has 0 saturated heterocycles. The third kappa shape index (κ3) is 4.38. The van der Waals surface area contributed by atoms with Crippen molar-refractivity contribution < 1.29 is 27.0 Å². The van der Waals surface area contributed by atoms with Crippen LogP contribution >= 0.6 is 0 Å². The molecule has 0 unspecified atom stereocenters. The topological polar surface area (TPSA) is 69.2 Å². The van der Waals surface area contributed by atoms with Crippen molar-refractivity contribution in [2.75, 3.05) is 25.6 Å². The van der Waals surface area contributed by atoms with Crippen LogP contribution in [-0.2, 0) is 0 Å². The molecule has 0 spiro atoms. The second-order valence-electron chi connectivity index (χ2n) is 3.31. The molecular formula is C9H12F4N4O2. The molecule has 0 bridgehead atoms. The average molecular weight is 284 g/mol. The van der Waals surface area contributed by atoms with Gasteiger partial charge in [0.15, 0.2) is 6.61 Å². The normalized spacial score (nSPS) is 11.5. The Morgan fingerprint density at radius 3 is 2.37 bits per heavy atom. The first-order chi connectivity index (χ1) is 8.89. The number of hydrogen-bond acceptors (Lipinski definition) is 6. The number of alkyl halides is 4. The third-order valence-electron chi connectivity index (χ3n) is 1.82. The Balaban J connectivity index is 2.80. The predicted octanol–water partition coefficient (Wildman–Crippen LogP) is 1.59. The van der Waals surface area contributed by atoms with E-state index < -0.39 is 25.0 Å². The van der Waals surface area contributed by atoms with E-state index in [0.717, 1.165) is 0 Å². The average Bonchev–Trinajstić information content (AvgIpc) is 2.36. The van der Waals surface area contributed by atoms with Crippen LogP contribution in [0.1, 0.15) is 6.92 Å². The molecule has 108 valence electrons. The molecule has 0 saturated carbocycles. The fourth-order valence-corrected chi connectivity index (χ4v) is 0.955. The van der Waals surface area contributed by atoms with Gasteiger partial charge >= 0.3 is 24.4 Å². The van der Waals surface area contributed by atoms with Crippen molar-refractivity contribution in [1.29, 1.82) is 0 Å². The zero-order valence-electron chi connectivity index (χ0n) is 10.2. The highest BCUT2D eigenvalue weighted by atomic mass is 19.3. The Morgan fingerprint density at radius 2 is 1.84 bits per heavy atom.